The summed E-state index contributed by atoms with van der Waals surface area (Å²) in [5.41, 5.74) is 0. The minimum Gasteiger partial charge on any atom is -0.379 e. The maximum atomic E-state index is 4.80. The average Bonchev–Trinajstić information content (AvgIpc) is 1.98. The van der Waals surface area contributed by atoms with E-state index in [1.165, 1.54) is 10.5 Å². The Balaban J connectivity index is 2.59. The van der Waals surface area contributed by atoms with Crippen molar-refractivity contribution < 1.29 is 4.84 Å². The highest BCUT2D eigenvalue weighted by molar-refractivity contribution is 9.13. The van der Waals surface area contributed by atoms with Crippen LogP contribution in [0.5, 0.6) is 0 Å². The smallest absolute Gasteiger partial charge is 0.149 e. The summed E-state index contributed by atoms with van der Waals surface area (Å²) in [5, 5.41) is 0. The first-order valence-corrected chi connectivity index (χ1v) is 3.87. The summed E-state index contributed by atoms with van der Waals surface area (Å²) in [6.45, 7) is 0. The lowest BCUT2D eigenvalue weighted by Crippen LogP contribution is -2.15. The van der Waals surface area contributed by atoms with Crippen LogP contribution >= 0.6 is 48.2 Å². The standard InChI is InChI=1S/C2HBr3N2O/c3-2-1-8-7(5)6(2)4/h1H. The van der Waals surface area contributed by atoms with Gasteiger partial charge in [0.05, 0.1) is 32.3 Å². The van der Waals surface area contributed by atoms with Crippen molar-refractivity contribution in [2.45, 2.75) is 0 Å². The Labute approximate surface area is 72.0 Å². The summed E-state index contributed by atoms with van der Waals surface area (Å²) in [4.78, 5) is 4.80. The second-order valence-electron chi connectivity index (χ2n) is 1.03. The predicted molar refractivity (Wildman–Crippen MR) is 39.6 cm³/mol. The highest BCUT2D eigenvalue weighted by Crippen LogP contribution is 2.28. The molecule has 0 saturated heterocycles. The van der Waals surface area contributed by atoms with Gasteiger partial charge in [-0.25, -0.2) is 0 Å². The second-order valence-corrected chi connectivity index (χ2v) is 3.12. The molecule has 1 heterocycles. The summed E-state index contributed by atoms with van der Waals surface area (Å²) < 4.78 is 3.71. The lowest BCUT2D eigenvalue weighted by atomic mass is 11.0. The first-order chi connectivity index (χ1) is 3.72. The fourth-order valence-electron chi connectivity index (χ4n) is 0.247. The molecule has 0 aromatic carbocycles. The van der Waals surface area contributed by atoms with Crippen molar-refractivity contribution in [1.82, 2.24) is 8.23 Å². The first kappa shape index (κ1) is 6.85. The number of hydrogen-bond acceptors (Lipinski definition) is 3. The van der Waals surface area contributed by atoms with E-state index < -0.39 is 0 Å². The average molecular weight is 309 g/mol. The molecule has 0 aromatic rings. The van der Waals surface area contributed by atoms with Gasteiger partial charge in [-0.2, -0.15) is 4.03 Å². The molecule has 0 atom stereocenters. The molecule has 0 unspecified atom stereocenters. The monoisotopic (exact) mass is 306 g/mol. The van der Waals surface area contributed by atoms with Gasteiger partial charge in [0, 0.05) is 4.20 Å². The number of rotatable bonds is 0. The van der Waals surface area contributed by atoms with Gasteiger partial charge in [-0.1, -0.05) is 0 Å². The minimum atomic E-state index is 0.800. The molecule has 0 bridgehead atoms. The van der Waals surface area contributed by atoms with E-state index in [1.54, 1.807) is 4.03 Å². The summed E-state index contributed by atoms with van der Waals surface area (Å²) in [5.74, 6) is 0. The Kier molecular flexibility index (Phi) is 2.19. The van der Waals surface area contributed by atoms with E-state index in [2.05, 4.69) is 48.2 Å². The van der Waals surface area contributed by atoms with Crippen LogP contribution in [0, 0.1) is 0 Å². The first-order valence-electron chi connectivity index (χ1n) is 1.66. The topological polar surface area (TPSA) is 15.7 Å². The third kappa shape index (κ3) is 1.18. The molecular formula is C2HBr3N2O. The van der Waals surface area contributed by atoms with Crippen LogP contribution in [0.3, 0.4) is 0 Å². The van der Waals surface area contributed by atoms with Gasteiger partial charge in [-0.15, -0.1) is 0 Å². The molecule has 0 N–H and O–H groups in total. The van der Waals surface area contributed by atoms with Gasteiger partial charge in [-0.05, 0) is 15.9 Å². The van der Waals surface area contributed by atoms with Crippen molar-refractivity contribution in [3.05, 3.63) is 10.9 Å². The molecule has 0 fully saturated rings. The summed E-state index contributed by atoms with van der Waals surface area (Å²) in [7, 11) is 0. The number of halogens is 3. The number of nitrogens with zero attached hydrogens (tertiary/aromatic N) is 2. The van der Waals surface area contributed by atoms with Crippen LogP contribution in [0.15, 0.2) is 10.9 Å². The fourth-order valence-corrected chi connectivity index (χ4v) is 1.10. The van der Waals surface area contributed by atoms with Crippen LogP contribution in [0.2, 0.25) is 0 Å². The largest absolute Gasteiger partial charge is 0.379 e. The van der Waals surface area contributed by atoms with E-state index >= 15 is 0 Å². The Morgan fingerprint density at radius 2 is 2.12 bits per heavy atom. The fraction of sp³-hybridized carbons (Fsp3) is 0. The van der Waals surface area contributed by atoms with Crippen molar-refractivity contribution in [3.63, 3.8) is 0 Å². The van der Waals surface area contributed by atoms with Crippen LogP contribution in [0.1, 0.15) is 0 Å². The van der Waals surface area contributed by atoms with Gasteiger partial charge in [0.2, 0.25) is 0 Å². The van der Waals surface area contributed by atoms with E-state index in [9.17, 15) is 0 Å². The Morgan fingerprint density at radius 3 is 2.25 bits per heavy atom. The predicted octanol–water partition coefficient (Wildman–Crippen LogP) is 2.26. The zero-order valence-electron chi connectivity index (χ0n) is 3.51. The van der Waals surface area contributed by atoms with Crippen LogP contribution in [0.25, 0.3) is 0 Å². The molecule has 0 spiro atoms. The van der Waals surface area contributed by atoms with E-state index in [4.69, 9.17) is 4.84 Å². The van der Waals surface area contributed by atoms with Gasteiger partial charge in [0.1, 0.15) is 10.9 Å². The molecule has 1 aliphatic rings. The Hall–Kier alpha value is 0.740. The van der Waals surface area contributed by atoms with Crippen LogP contribution in [-0.4, -0.2) is 8.23 Å². The number of hydrogen-bond donors (Lipinski definition) is 0. The molecule has 8 heavy (non-hydrogen) atoms. The molecule has 6 heteroatoms. The van der Waals surface area contributed by atoms with E-state index in [0.717, 1.165) is 4.61 Å². The third-order valence-corrected chi connectivity index (χ3v) is 3.13. The van der Waals surface area contributed by atoms with E-state index in [1.807, 2.05) is 0 Å². The quantitative estimate of drug-likeness (QED) is 0.504. The molecule has 0 radical (unpaired) electrons. The zero-order chi connectivity index (χ0) is 6.15. The molecule has 1 rings (SSSR count). The van der Waals surface area contributed by atoms with Crippen molar-refractivity contribution in [1.29, 1.82) is 0 Å². The van der Waals surface area contributed by atoms with Gasteiger partial charge in [0.25, 0.3) is 0 Å². The third-order valence-electron chi connectivity index (χ3n) is 0.551. The molecule has 3 nitrogen and oxygen atoms in total. The molecule has 0 saturated carbocycles. The van der Waals surface area contributed by atoms with Crippen molar-refractivity contribution in [2.24, 2.45) is 0 Å². The molecule has 1 aliphatic heterocycles. The SMILES string of the molecule is BrC1=CON(Br)N1Br. The molecular weight excluding hydrogens is 308 g/mol. The van der Waals surface area contributed by atoms with Gasteiger partial charge >= 0.3 is 0 Å². The Bertz CT molecular complexity index is 126. The normalized spacial score (nSPS) is 20.9. The molecule has 46 valence electrons. The second kappa shape index (κ2) is 2.55. The summed E-state index contributed by atoms with van der Waals surface area (Å²) in [6, 6.07) is 0. The lowest BCUT2D eigenvalue weighted by molar-refractivity contribution is -0.0478. The van der Waals surface area contributed by atoms with Crippen molar-refractivity contribution >= 4 is 48.2 Å². The summed E-state index contributed by atoms with van der Waals surface area (Å²) >= 11 is 9.38. The van der Waals surface area contributed by atoms with Crippen molar-refractivity contribution in [2.75, 3.05) is 0 Å². The summed E-state index contributed by atoms with van der Waals surface area (Å²) in [6.07, 6.45) is 1.53. The Morgan fingerprint density at radius 1 is 1.50 bits per heavy atom. The van der Waals surface area contributed by atoms with Crippen LogP contribution in [0.4, 0.5) is 0 Å². The maximum Gasteiger partial charge on any atom is 0.149 e. The highest BCUT2D eigenvalue weighted by atomic mass is 79.9. The minimum absolute atomic E-state index is 0.800. The van der Waals surface area contributed by atoms with Gasteiger partial charge < -0.3 is 4.84 Å². The van der Waals surface area contributed by atoms with Gasteiger partial charge in [-0.3, -0.25) is 0 Å². The van der Waals surface area contributed by atoms with Crippen LogP contribution < -0.4 is 0 Å². The van der Waals surface area contributed by atoms with Crippen LogP contribution in [-0.2, 0) is 4.84 Å². The zero-order valence-corrected chi connectivity index (χ0v) is 8.27. The molecule has 0 aromatic heterocycles. The number of hydrazine groups is 1. The highest BCUT2D eigenvalue weighted by Gasteiger charge is 2.18. The molecule has 0 amide bonds. The van der Waals surface area contributed by atoms with Gasteiger partial charge in [0.15, 0.2) is 0 Å². The van der Waals surface area contributed by atoms with E-state index in [0.29, 0.717) is 0 Å². The molecule has 0 aliphatic carbocycles. The van der Waals surface area contributed by atoms with E-state index in [-0.39, 0.29) is 0 Å². The van der Waals surface area contributed by atoms with Crippen molar-refractivity contribution in [3.8, 4) is 0 Å². The maximum absolute atomic E-state index is 4.80. The lowest BCUT2D eigenvalue weighted by Gasteiger charge is -2.11.